The molecule has 0 spiro atoms. The van der Waals surface area contributed by atoms with Gasteiger partial charge in [-0.25, -0.2) is 0 Å². The molecule has 0 saturated heterocycles. The zero-order valence-electron chi connectivity index (χ0n) is 28.0. The Morgan fingerprint density at radius 1 is 0.575 bits per heavy atom. The zero-order valence-corrected chi connectivity index (χ0v) is 29.0. The molecule has 0 aliphatic carbocycles. The van der Waals surface area contributed by atoms with Crippen molar-refractivity contribution < 1.29 is 9.05 Å². The van der Waals surface area contributed by atoms with Crippen LogP contribution in [0.25, 0.3) is 0 Å². The highest BCUT2D eigenvalue weighted by Gasteiger charge is 2.32. The number of hydrogen-bond donors (Lipinski definition) is 0. The Morgan fingerprint density at radius 2 is 0.950 bits per heavy atom. The van der Waals surface area contributed by atoms with Gasteiger partial charge in [-0.05, 0) is 56.8 Å². The third-order valence-electron chi connectivity index (χ3n) is 8.99. The molecule has 1 heterocycles. The van der Waals surface area contributed by atoms with Gasteiger partial charge in [0, 0.05) is 17.5 Å². The molecule has 0 unspecified atom stereocenters. The van der Waals surface area contributed by atoms with E-state index in [1.807, 2.05) is 0 Å². The predicted octanol–water partition coefficient (Wildman–Crippen LogP) is 11.9. The molecule has 0 N–H and O–H groups in total. The van der Waals surface area contributed by atoms with Crippen molar-refractivity contribution in [2.45, 2.75) is 163 Å². The average molecular weight is 567 g/mol. The van der Waals surface area contributed by atoms with Gasteiger partial charge in [-0.2, -0.15) is 0 Å². The first-order valence-electron chi connectivity index (χ1n) is 16.0. The SMILES string of the molecule is CCCCCC(C)(C)c1cc2c(c(C(C)(C)C)c1)OPOc1c(cc(C(C)(C)CCCCC)cc1C(C)(C)C)C2. The maximum Gasteiger partial charge on any atom is 0.275 e. The van der Waals surface area contributed by atoms with Crippen LogP contribution in [0.5, 0.6) is 11.5 Å². The highest BCUT2D eigenvalue weighted by atomic mass is 31.1. The average Bonchev–Trinajstić information content (AvgIpc) is 2.82. The van der Waals surface area contributed by atoms with E-state index in [1.54, 1.807) is 0 Å². The van der Waals surface area contributed by atoms with Crippen LogP contribution >= 0.6 is 9.03 Å². The fourth-order valence-electron chi connectivity index (χ4n) is 6.01. The van der Waals surface area contributed by atoms with Crippen LogP contribution in [0, 0.1) is 0 Å². The highest BCUT2D eigenvalue weighted by molar-refractivity contribution is 7.27. The summed E-state index contributed by atoms with van der Waals surface area (Å²) in [4.78, 5) is 0. The van der Waals surface area contributed by atoms with Crippen molar-refractivity contribution in [3.05, 3.63) is 57.6 Å². The van der Waals surface area contributed by atoms with E-state index in [1.165, 1.54) is 84.7 Å². The molecule has 2 aromatic carbocycles. The van der Waals surface area contributed by atoms with Gasteiger partial charge in [0.2, 0.25) is 0 Å². The first-order valence-corrected chi connectivity index (χ1v) is 16.8. The Labute approximate surface area is 249 Å². The molecular weight excluding hydrogens is 507 g/mol. The molecule has 1 aliphatic heterocycles. The highest BCUT2D eigenvalue weighted by Crippen LogP contribution is 2.48. The Kier molecular flexibility index (Phi) is 10.5. The van der Waals surface area contributed by atoms with Crippen LogP contribution in [0.4, 0.5) is 0 Å². The first kappa shape index (κ1) is 33.0. The van der Waals surface area contributed by atoms with Gasteiger partial charge in [0.25, 0.3) is 9.03 Å². The van der Waals surface area contributed by atoms with Crippen LogP contribution in [0.3, 0.4) is 0 Å². The molecule has 0 radical (unpaired) electrons. The largest absolute Gasteiger partial charge is 0.440 e. The topological polar surface area (TPSA) is 18.5 Å². The van der Waals surface area contributed by atoms with Gasteiger partial charge >= 0.3 is 0 Å². The van der Waals surface area contributed by atoms with E-state index in [0.717, 1.165) is 17.9 Å². The van der Waals surface area contributed by atoms with E-state index in [2.05, 4.69) is 107 Å². The minimum absolute atomic E-state index is 0.0220. The number of fused-ring (bicyclic) bond motifs is 2. The van der Waals surface area contributed by atoms with Crippen LogP contribution in [0.1, 0.15) is 168 Å². The molecular formula is C37H59O2P. The molecule has 2 aromatic rings. The minimum Gasteiger partial charge on any atom is -0.440 e. The van der Waals surface area contributed by atoms with Crippen molar-refractivity contribution >= 4 is 9.03 Å². The second kappa shape index (κ2) is 12.8. The molecule has 1 aliphatic rings. The number of unbranched alkanes of at least 4 members (excludes halogenated alkanes) is 4. The zero-order chi connectivity index (χ0) is 29.9. The van der Waals surface area contributed by atoms with Crippen LogP contribution < -0.4 is 9.05 Å². The Morgan fingerprint density at radius 3 is 1.27 bits per heavy atom. The Hall–Kier alpha value is -1.53. The molecule has 0 atom stereocenters. The Bertz CT molecular complexity index is 1050. The summed E-state index contributed by atoms with van der Waals surface area (Å²) in [6.07, 6.45) is 10.9. The molecule has 2 nitrogen and oxygen atoms in total. The van der Waals surface area contributed by atoms with Gasteiger partial charge in [-0.1, -0.05) is 146 Å². The van der Waals surface area contributed by atoms with Crippen molar-refractivity contribution in [1.29, 1.82) is 0 Å². The van der Waals surface area contributed by atoms with Crippen molar-refractivity contribution in [1.82, 2.24) is 0 Å². The monoisotopic (exact) mass is 566 g/mol. The summed E-state index contributed by atoms with van der Waals surface area (Å²) in [5.74, 6) is 2.07. The minimum atomic E-state index is -0.0575. The maximum absolute atomic E-state index is 6.55. The van der Waals surface area contributed by atoms with E-state index in [9.17, 15) is 0 Å². The van der Waals surface area contributed by atoms with Gasteiger partial charge in [0.05, 0.1) is 0 Å². The van der Waals surface area contributed by atoms with Gasteiger partial charge in [0.15, 0.2) is 0 Å². The number of hydrogen-bond acceptors (Lipinski definition) is 2. The fourth-order valence-corrected chi connectivity index (χ4v) is 6.70. The molecule has 224 valence electrons. The van der Waals surface area contributed by atoms with E-state index in [-0.39, 0.29) is 30.7 Å². The van der Waals surface area contributed by atoms with Gasteiger partial charge in [-0.15, -0.1) is 0 Å². The Balaban J connectivity index is 2.21. The summed E-state index contributed by atoms with van der Waals surface area (Å²) in [6.45, 7) is 28.1. The summed E-state index contributed by atoms with van der Waals surface area (Å²) in [6, 6.07) is 9.80. The van der Waals surface area contributed by atoms with Crippen molar-refractivity contribution in [3.63, 3.8) is 0 Å². The molecule has 0 saturated carbocycles. The number of rotatable bonds is 10. The lowest BCUT2D eigenvalue weighted by molar-refractivity contribution is 0.438. The lowest BCUT2D eigenvalue weighted by Crippen LogP contribution is -2.23. The van der Waals surface area contributed by atoms with Crippen LogP contribution in [0.2, 0.25) is 0 Å². The lowest BCUT2D eigenvalue weighted by Gasteiger charge is -2.34. The summed E-state index contributed by atoms with van der Waals surface area (Å²) < 4.78 is 13.1. The summed E-state index contributed by atoms with van der Waals surface area (Å²) >= 11 is 0. The van der Waals surface area contributed by atoms with Crippen molar-refractivity contribution in [2.75, 3.05) is 0 Å². The normalized spacial score (nSPS) is 14.5. The molecule has 3 heteroatoms. The predicted molar refractivity (Wildman–Crippen MR) is 177 cm³/mol. The quantitative estimate of drug-likeness (QED) is 0.210. The van der Waals surface area contributed by atoms with E-state index < -0.39 is 0 Å². The standard InChI is InChI=1S/C37H59O2P/c1-13-15-17-19-36(9,10)28-22-26-21-27-23-29(37(11,12)20-18-16-14-2)25-31(35(6,7)8)33(27)39-40-38-32(26)30(24-28)34(3,4)5/h22-25,40H,13-21H2,1-12H3. The van der Waals surface area contributed by atoms with E-state index in [0.29, 0.717) is 0 Å². The molecule has 3 rings (SSSR count). The maximum atomic E-state index is 6.55. The summed E-state index contributed by atoms with van der Waals surface area (Å²) in [7, 11) is -0.0575. The molecule has 0 amide bonds. The van der Waals surface area contributed by atoms with Crippen LogP contribution in [-0.2, 0) is 28.1 Å². The third kappa shape index (κ3) is 7.85. The second-order valence-corrected chi connectivity index (χ2v) is 16.2. The summed E-state index contributed by atoms with van der Waals surface area (Å²) in [5, 5.41) is 0. The van der Waals surface area contributed by atoms with Gasteiger partial charge in [0.1, 0.15) is 11.5 Å². The van der Waals surface area contributed by atoms with Crippen LogP contribution in [-0.4, -0.2) is 0 Å². The molecule has 40 heavy (non-hydrogen) atoms. The molecule has 0 fully saturated rings. The van der Waals surface area contributed by atoms with Crippen molar-refractivity contribution in [2.24, 2.45) is 0 Å². The second-order valence-electron chi connectivity index (χ2n) is 15.7. The van der Waals surface area contributed by atoms with E-state index in [4.69, 9.17) is 9.05 Å². The summed E-state index contributed by atoms with van der Waals surface area (Å²) in [5.41, 5.74) is 8.29. The molecule has 0 aromatic heterocycles. The van der Waals surface area contributed by atoms with E-state index >= 15 is 0 Å². The lowest BCUT2D eigenvalue weighted by atomic mass is 9.74. The van der Waals surface area contributed by atoms with Gasteiger partial charge < -0.3 is 9.05 Å². The smallest absolute Gasteiger partial charge is 0.275 e. The number of benzene rings is 2. The van der Waals surface area contributed by atoms with Crippen molar-refractivity contribution in [3.8, 4) is 11.5 Å². The van der Waals surface area contributed by atoms with Gasteiger partial charge in [-0.3, -0.25) is 0 Å². The fraction of sp³-hybridized carbons (Fsp3) is 0.676. The molecule has 0 bridgehead atoms. The van der Waals surface area contributed by atoms with Crippen LogP contribution in [0.15, 0.2) is 24.3 Å². The first-order chi connectivity index (χ1) is 18.5. The third-order valence-corrected chi connectivity index (χ3v) is 9.56.